The highest BCUT2D eigenvalue weighted by atomic mass is 35.5. The summed E-state index contributed by atoms with van der Waals surface area (Å²) in [6.07, 6.45) is -2.79. The third-order valence-electron chi connectivity index (χ3n) is 3.51. The van der Waals surface area contributed by atoms with Crippen molar-refractivity contribution in [2.45, 2.75) is 13.1 Å². The minimum absolute atomic E-state index is 0.0778. The quantitative estimate of drug-likeness (QED) is 0.646. The fourth-order valence-corrected chi connectivity index (χ4v) is 2.68. The van der Waals surface area contributed by atoms with E-state index in [2.05, 4.69) is 15.3 Å². The molecular weight excluding hydrogens is 373 g/mol. The van der Waals surface area contributed by atoms with Gasteiger partial charge in [0, 0.05) is 23.4 Å². The summed E-state index contributed by atoms with van der Waals surface area (Å²) in [4.78, 5) is 21.2. The molecular formula is C16H10ClF3N4O2. The number of fused-ring (bicyclic) bond motifs is 1. The molecule has 3 aromatic rings. The monoisotopic (exact) mass is 382 g/mol. The van der Waals surface area contributed by atoms with Crippen LogP contribution in [-0.2, 0) is 11.0 Å². The van der Waals surface area contributed by atoms with E-state index in [4.69, 9.17) is 16.4 Å². The molecule has 3 rings (SSSR count). The third kappa shape index (κ3) is 3.14. The SMILES string of the molecule is CCOn1nnc2c(C=C=O)c(-c3ncc(C(F)(F)F)cc3Cl)ccc21. The molecule has 0 spiro atoms. The van der Waals surface area contributed by atoms with Crippen molar-refractivity contribution < 1.29 is 22.8 Å². The Morgan fingerprint density at radius 3 is 2.77 bits per heavy atom. The molecule has 0 radical (unpaired) electrons. The zero-order valence-electron chi connectivity index (χ0n) is 13.2. The molecule has 10 heteroatoms. The lowest BCUT2D eigenvalue weighted by atomic mass is 10.0. The molecule has 0 saturated heterocycles. The Morgan fingerprint density at radius 2 is 2.15 bits per heavy atom. The van der Waals surface area contributed by atoms with Crippen molar-refractivity contribution in [2.75, 3.05) is 6.61 Å². The number of carbonyl (C=O) groups excluding carboxylic acids is 1. The summed E-state index contributed by atoms with van der Waals surface area (Å²) in [7, 11) is 0. The van der Waals surface area contributed by atoms with Crippen LogP contribution in [0.5, 0.6) is 0 Å². The molecule has 0 aliphatic heterocycles. The van der Waals surface area contributed by atoms with Gasteiger partial charge in [0.2, 0.25) is 0 Å². The first-order chi connectivity index (χ1) is 12.4. The number of alkyl halides is 3. The molecule has 0 saturated carbocycles. The number of halogens is 4. The van der Waals surface area contributed by atoms with E-state index in [9.17, 15) is 18.0 Å². The van der Waals surface area contributed by atoms with E-state index in [1.807, 2.05) is 0 Å². The van der Waals surface area contributed by atoms with Crippen molar-refractivity contribution in [1.82, 2.24) is 20.1 Å². The molecule has 2 aromatic heterocycles. The van der Waals surface area contributed by atoms with Gasteiger partial charge in [-0.1, -0.05) is 16.4 Å². The van der Waals surface area contributed by atoms with Gasteiger partial charge in [0.25, 0.3) is 0 Å². The van der Waals surface area contributed by atoms with Crippen LogP contribution in [0.3, 0.4) is 0 Å². The summed E-state index contributed by atoms with van der Waals surface area (Å²) in [5.74, 6) is 1.64. The van der Waals surface area contributed by atoms with Gasteiger partial charge in [-0.25, -0.2) is 4.79 Å². The average molecular weight is 383 g/mol. The van der Waals surface area contributed by atoms with E-state index in [1.165, 1.54) is 4.85 Å². The van der Waals surface area contributed by atoms with Crippen molar-refractivity contribution in [3.63, 3.8) is 0 Å². The first kappa shape index (κ1) is 17.9. The Hall–Kier alpha value is -2.90. The lowest BCUT2D eigenvalue weighted by molar-refractivity contribution is -0.137. The van der Waals surface area contributed by atoms with Crippen molar-refractivity contribution in [1.29, 1.82) is 0 Å². The molecule has 0 unspecified atom stereocenters. The summed E-state index contributed by atoms with van der Waals surface area (Å²) >= 11 is 6.01. The van der Waals surface area contributed by atoms with E-state index in [0.717, 1.165) is 12.1 Å². The molecule has 26 heavy (non-hydrogen) atoms. The number of hydrogen-bond donors (Lipinski definition) is 0. The van der Waals surface area contributed by atoms with Gasteiger partial charge in [0.1, 0.15) is 23.6 Å². The van der Waals surface area contributed by atoms with Crippen LogP contribution in [0.15, 0.2) is 24.4 Å². The van der Waals surface area contributed by atoms with Gasteiger partial charge in [0.15, 0.2) is 0 Å². The standard InChI is InChI=1S/C16H10ClF3N4O2/c1-2-26-24-13-4-3-10(11(5-6-25)15(13)22-23-24)14-12(17)7-9(8-21-14)16(18,19)20/h3-5,7-8H,2H2,1H3. The van der Waals surface area contributed by atoms with Gasteiger partial charge in [-0.3, -0.25) is 4.98 Å². The number of rotatable bonds is 4. The molecule has 0 atom stereocenters. The second-order valence-electron chi connectivity index (χ2n) is 5.09. The van der Waals surface area contributed by atoms with E-state index in [1.54, 1.807) is 25.0 Å². The summed E-state index contributed by atoms with van der Waals surface area (Å²) in [5, 5.41) is 7.57. The van der Waals surface area contributed by atoms with Gasteiger partial charge in [-0.05, 0) is 30.3 Å². The molecule has 0 fully saturated rings. The molecule has 2 heterocycles. The topological polar surface area (TPSA) is 69.9 Å². The maximum absolute atomic E-state index is 12.8. The Balaban J connectivity index is 2.22. The van der Waals surface area contributed by atoms with Crippen LogP contribution >= 0.6 is 11.6 Å². The van der Waals surface area contributed by atoms with Crippen molar-refractivity contribution >= 4 is 34.7 Å². The molecule has 0 N–H and O–H groups in total. The van der Waals surface area contributed by atoms with E-state index in [0.29, 0.717) is 29.4 Å². The molecule has 134 valence electrons. The first-order valence-corrected chi connectivity index (χ1v) is 7.70. The minimum Gasteiger partial charge on any atom is -0.395 e. The smallest absolute Gasteiger partial charge is 0.395 e. The van der Waals surface area contributed by atoms with Gasteiger partial charge < -0.3 is 4.84 Å². The van der Waals surface area contributed by atoms with Crippen molar-refractivity contribution in [3.8, 4) is 11.3 Å². The fraction of sp³-hybridized carbons (Fsp3) is 0.188. The van der Waals surface area contributed by atoms with Crippen molar-refractivity contribution in [3.05, 3.63) is 40.5 Å². The third-order valence-corrected chi connectivity index (χ3v) is 3.79. The van der Waals surface area contributed by atoms with Crippen LogP contribution in [-0.4, -0.2) is 32.7 Å². The van der Waals surface area contributed by atoms with Crippen LogP contribution in [0, 0.1) is 0 Å². The maximum Gasteiger partial charge on any atom is 0.417 e. The normalized spacial score (nSPS) is 11.4. The van der Waals surface area contributed by atoms with Crippen LogP contribution in [0.2, 0.25) is 5.02 Å². The van der Waals surface area contributed by atoms with E-state index >= 15 is 0 Å². The van der Waals surface area contributed by atoms with Gasteiger partial charge in [-0.15, -0.1) is 5.10 Å². The summed E-state index contributed by atoms with van der Waals surface area (Å²) in [6.45, 7) is 2.10. The Labute approximate surface area is 149 Å². The highest BCUT2D eigenvalue weighted by Gasteiger charge is 2.32. The maximum atomic E-state index is 12.8. The van der Waals surface area contributed by atoms with Gasteiger partial charge >= 0.3 is 6.18 Å². The van der Waals surface area contributed by atoms with Crippen LogP contribution in [0.1, 0.15) is 18.1 Å². The predicted octanol–water partition coefficient (Wildman–Crippen LogP) is 3.46. The van der Waals surface area contributed by atoms with Crippen LogP contribution < -0.4 is 4.84 Å². The summed E-state index contributed by atoms with van der Waals surface area (Å²) < 4.78 is 38.4. The number of hydrogen-bond acceptors (Lipinski definition) is 5. The molecule has 0 bridgehead atoms. The number of benzene rings is 1. The highest BCUT2D eigenvalue weighted by molar-refractivity contribution is 6.33. The molecule has 6 nitrogen and oxygen atoms in total. The fourth-order valence-electron chi connectivity index (χ4n) is 2.41. The van der Waals surface area contributed by atoms with E-state index in [-0.39, 0.29) is 16.3 Å². The second kappa shape index (κ2) is 6.78. The predicted molar refractivity (Wildman–Crippen MR) is 88.0 cm³/mol. The highest BCUT2D eigenvalue weighted by Crippen LogP contribution is 2.36. The average Bonchev–Trinajstić information content (AvgIpc) is 2.99. The molecule has 0 aliphatic rings. The molecule has 0 amide bonds. The zero-order chi connectivity index (χ0) is 18.9. The number of nitrogens with zero attached hydrogens (tertiary/aromatic N) is 4. The Kier molecular flexibility index (Phi) is 4.67. The number of aromatic nitrogens is 4. The zero-order valence-corrected chi connectivity index (χ0v) is 14.0. The molecule has 1 aromatic carbocycles. The lowest BCUT2D eigenvalue weighted by Gasteiger charge is -2.11. The van der Waals surface area contributed by atoms with Crippen LogP contribution in [0.4, 0.5) is 13.2 Å². The summed E-state index contributed by atoms with van der Waals surface area (Å²) in [5.41, 5.74) is 0.481. The number of pyridine rings is 1. The van der Waals surface area contributed by atoms with E-state index < -0.39 is 11.7 Å². The second-order valence-corrected chi connectivity index (χ2v) is 5.50. The van der Waals surface area contributed by atoms with Gasteiger partial charge in [0.05, 0.1) is 16.3 Å². The lowest BCUT2D eigenvalue weighted by Crippen LogP contribution is -2.12. The largest absolute Gasteiger partial charge is 0.417 e. The minimum atomic E-state index is -4.56. The van der Waals surface area contributed by atoms with Gasteiger partial charge in [-0.2, -0.15) is 13.2 Å². The van der Waals surface area contributed by atoms with Crippen molar-refractivity contribution in [2.24, 2.45) is 0 Å². The Morgan fingerprint density at radius 1 is 1.38 bits per heavy atom. The summed E-state index contributed by atoms with van der Waals surface area (Å²) in [6, 6.07) is 3.92. The first-order valence-electron chi connectivity index (χ1n) is 7.32. The molecule has 0 aliphatic carbocycles. The Bertz CT molecular complexity index is 1030. The van der Waals surface area contributed by atoms with Crippen LogP contribution in [0.25, 0.3) is 28.4 Å².